The highest BCUT2D eigenvalue weighted by Gasteiger charge is 2.26. The van der Waals surface area contributed by atoms with E-state index in [0.717, 1.165) is 27.8 Å². The van der Waals surface area contributed by atoms with Gasteiger partial charge in [-0.3, -0.25) is 0 Å². The van der Waals surface area contributed by atoms with Gasteiger partial charge in [-0.15, -0.1) is 0 Å². The SMILES string of the molecule is C/C(=C\c1ccccc1)CN(C/C(=C\I)c1ccccc1)S(=O)(=O)c1ccc(C)cc1. The van der Waals surface area contributed by atoms with Gasteiger partial charge < -0.3 is 0 Å². The Balaban J connectivity index is 1.96. The molecule has 3 aromatic rings. The fourth-order valence-electron chi connectivity index (χ4n) is 3.27. The lowest BCUT2D eigenvalue weighted by molar-refractivity contribution is 0.471. The predicted octanol–water partition coefficient (Wildman–Crippen LogP) is 6.57. The summed E-state index contributed by atoms with van der Waals surface area (Å²) in [5.41, 5.74) is 5.04. The Kier molecular flexibility index (Phi) is 8.23. The molecule has 0 spiro atoms. The maximum absolute atomic E-state index is 13.6. The topological polar surface area (TPSA) is 37.4 Å². The molecule has 160 valence electrons. The monoisotopic (exact) mass is 543 g/mol. The molecule has 0 saturated heterocycles. The van der Waals surface area contributed by atoms with Crippen LogP contribution in [0.25, 0.3) is 11.6 Å². The average Bonchev–Trinajstić information content (AvgIpc) is 2.78. The maximum atomic E-state index is 13.6. The second-order valence-electron chi connectivity index (χ2n) is 7.49. The zero-order valence-electron chi connectivity index (χ0n) is 17.7. The minimum atomic E-state index is -3.67. The fraction of sp³-hybridized carbons (Fsp3) is 0.154. The van der Waals surface area contributed by atoms with Crippen molar-refractivity contribution in [2.24, 2.45) is 0 Å². The quantitative estimate of drug-likeness (QED) is 0.302. The Morgan fingerprint density at radius 3 is 2.03 bits per heavy atom. The van der Waals surface area contributed by atoms with Crippen LogP contribution in [0.5, 0.6) is 0 Å². The molecule has 5 heteroatoms. The van der Waals surface area contributed by atoms with Crippen LogP contribution >= 0.6 is 22.6 Å². The standard InChI is InChI=1S/C26H26INO2S/c1-21-13-15-26(16-14-21)31(29,30)28(19-22(2)17-23-9-5-3-6-10-23)20-25(18-27)24-11-7-4-8-12-24/h3-18H,19-20H2,1-2H3/b22-17+,25-18+. The van der Waals surface area contributed by atoms with Crippen LogP contribution in [0.1, 0.15) is 23.6 Å². The molecule has 0 bridgehead atoms. The molecular formula is C26H26INO2S. The Bertz CT molecular complexity index is 1150. The number of aryl methyl sites for hydroxylation is 1. The molecule has 0 aliphatic rings. The first kappa shape index (κ1) is 23.4. The molecule has 0 aliphatic heterocycles. The van der Waals surface area contributed by atoms with Gasteiger partial charge in [0, 0.05) is 13.1 Å². The van der Waals surface area contributed by atoms with Crippen LogP contribution in [0.15, 0.2) is 99.5 Å². The smallest absolute Gasteiger partial charge is 0.207 e. The van der Waals surface area contributed by atoms with E-state index in [9.17, 15) is 8.42 Å². The molecule has 0 amide bonds. The molecule has 0 aromatic heterocycles. The number of nitrogens with zero attached hydrogens (tertiary/aromatic N) is 1. The first-order valence-electron chi connectivity index (χ1n) is 10.0. The third-order valence-corrected chi connectivity index (χ3v) is 7.48. The summed E-state index contributed by atoms with van der Waals surface area (Å²) >= 11 is 2.19. The highest BCUT2D eigenvalue weighted by atomic mass is 127. The molecule has 0 atom stereocenters. The van der Waals surface area contributed by atoms with Gasteiger partial charge >= 0.3 is 0 Å². The number of hydrogen-bond acceptors (Lipinski definition) is 2. The van der Waals surface area contributed by atoms with E-state index >= 15 is 0 Å². The third kappa shape index (κ3) is 6.38. The van der Waals surface area contributed by atoms with Crippen LogP contribution < -0.4 is 0 Å². The van der Waals surface area contributed by atoms with E-state index in [1.54, 1.807) is 16.4 Å². The summed E-state index contributed by atoms with van der Waals surface area (Å²) in [7, 11) is -3.67. The molecule has 0 aliphatic carbocycles. The third-order valence-electron chi connectivity index (χ3n) is 4.92. The molecule has 0 N–H and O–H groups in total. The van der Waals surface area contributed by atoms with Gasteiger partial charge in [-0.2, -0.15) is 4.31 Å². The van der Waals surface area contributed by atoms with Gasteiger partial charge in [0.15, 0.2) is 0 Å². The minimum Gasteiger partial charge on any atom is -0.207 e. The lowest BCUT2D eigenvalue weighted by Crippen LogP contribution is -2.34. The van der Waals surface area contributed by atoms with Crippen molar-refractivity contribution >= 4 is 44.3 Å². The van der Waals surface area contributed by atoms with Crippen molar-refractivity contribution < 1.29 is 8.42 Å². The predicted molar refractivity (Wildman–Crippen MR) is 138 cm³/mol. The van der Waals surface area contributed by atoms with Crippen molar-refractivity contribution in [1.29, 1.82) is 0 Å². The van der Waals surface area contributed by atoms with Crippen LogP contribution in [0.4, 0.5) is 0 Å². The molecule has 3 rings (SSSR count). The van der Waals surface area contributed by atoms with Crippen molar-refractivity contribution in [3.63, 3.8) is 0 Å². The van der Waals surface area contributed by atoms with Crippen LogP contribution in [-0.2, 0) is 10.0 Å². The molecule has 0 radical (unpaired) electrons. The normalized spacial score (nSPS) is 12.9. The van der Waals surface area contributed by atoms with E-state index in [4.69, 9.17) is 0 Å². The van der Waals surface area contributed by atoms with Crippen LogP contribution in [0, 0.1) is 6.92 Å². The van der Waals surface area contributed by atoms with E-state index in [1.165, 1.54) is 0 Å². The molecular weight excluding hydrogens is 517 g/mol. The highest BCUT2D eigenvalue weighted by Crippen LogP contribution is 2.24. The van der Waals surface area contributed by atoms with Gasteiger partial charge in [0.05, 0.1) is 4.90 Å². The first-order valence-corrected chi connectivity index (χ1v) is 12.7. The molecule has 0 fully saturated rings. The van der Waals surface area contributed by atoms with Crippen molar-refractivity contribution in [3.05, 3.63) is 111 Å². The Morgan fingerprint density at radius 2 is 1.45 bits per heavy atom. The molecule has 0 unspecified atom stereocenters. The summed E-state index contributed by atoms with van der Waals surface area (Å²) in [5.74, 6) is 0. The number of hydrogen-bond donors (Lipinski definition) is 0. The van der Waals surface area contributed by atoms with Crippen LogP contribution in [0.2, 0.25) is 0 Å². The summed E-state index contributed by atoms with van der Waals surface area (Å²) in [6.45, 7) is 4.53. The van der Waals surface area contributed by atoms with E-state index in [2.05, 4.69) is 22.6 Å². The van der Waals surface area contributed by atoms with E-state index in [0.29, 0.717) is 18.0 Å². The summed E-state index contributed by atoms with van der Waals surface area (Å²) in [5, 5.41) is 0. The lowest BCUT2D eigenvalue weighted by Gasteiger charge is -2.24. The largest absolute Gasteiger partial charge is 0.243 e. The van der Waals surface area contributed by atoms with E-state index < -0.39 is 10.0 Å². The minimum absolute atomic E-state index is 0.295. The summed E-state index contributed by atoms with van der Waals surface area (Å²) < 4.78 is 30.7. The van der Waals surface area contributed by atoms with Gasteiger partial charge in [0.1, 0.15) is 0 Å². The molecule has 31 heavy (non-hydrogen) atoms. The van der Waals surface area contributed by atoms with Gasteiger partial charge in [-0.1, -0.05) is 113 Å². The van der Waals surface area contributed by atoms with Crippen molar-refractivity contribution in [3.8, 4) is 0 Å². The van der Waals surface area contributed by atoms with Crippen LogP contribution in [0.3, 0.4) is 0 Å². The second kappa shape index (κ2) is 10.9. The van der Waals surface area contributed by atoms with Crippen LogP contribution in [-0.4, -0.2) is 25.8 Å². The van der Waals surface area contributed by atoms with Gasteiger partial charge in [-0.25, -0.2) is 8.42 Å². The Hall–Kier alpha value is -2.22. The fourth-order valence-corrected chi connectivity index (χ4v) is 5.29. The maximum Gasteiger partial charge on any atom is 0.243 e. The van der Waals surface area contributed by atoms with Gasteiger partial charge in [0.2, 0.25) is 10.0 Å². The number of rotatable bonds is 8. The summed E-state index contributed by atoms with van der Waals surface area (Å²) in [6.07, 6.45) is 2.04. The summed E-state index contributed by atoms with van der Waals surface area (Å²) in [6, 6.07) is 26.9. The molecule has 3 nitrogen and oxygen atoms in total. The zero-order valence-corrected chi connectivity index (χ0v) is 20.7. The van der Waals surface area contributed by atoms with Gasteiger partial charge in [0.25, 0.3) is 0 Å². The van der Waals surface area contributed by atoms with Crippen molar-refractivity contribution in [2.75, 3.05) is 13.1 Å². The second-order valence-corrected chi connectivity index (χ2v) is 10.0. The summed E-state index contributed by atoms with van der Waals surface area (Å²) in [4.78, 5) is 0.312. The number of benzene rings is 3. The zero-order chi connectivity index (χ0) is 22.3. The van der Waals surface area contributed by atoms with Crippen molar-refractivity contribution in [1.82, 2.24) is 4.31 Å². The highest BCUT2D eigenvalue weighted by molar-refractivity contribution is 14.1. The van der Waals surface area contributed by atoms with Gasteiger partial charge in [-0.05, 0) is 46.8 Å². The van der Waals surface area contributed by atoms with Crippen molar-refractivity contribution in [2.45, 2.75) is 18.7 Å². The number of sulfonamides is 1. The first-order chi connectivity index (χ1) is 14.9. The Morgan fingerprint density at radius 1 is 0.871 bits per heavy atom. The van der Waals surface area contributed by atoms with E-state index in [1.807, 2.05) is 96.8 Å². The molecule has 0 saturated carbocycles. The number of halogens is 1. The Labute approximate surface area is 199 Å². The lowest BCUT2D eigenvalue weighted by atomic mass is 10.1. The average molecular weight is 543 g/mol. The molecule has 3 aromatic carbocycles. The van der Waals surface area contributed by atoms with E-state index in [-0.39, 0.29) is 0 Å². The molecule has 0 heterocycles.